The number of hydrogen-bond acceptors (Lipinski definition) is 3. The lowest BCUT2D eigenvalue weighted by Crippen LogP contribution is -2.35. The van der Waals surface area contributed by atoms with E-state index in [1.807, 2.05) is 18.2 Å². The van der Waals surface area contributed by atoms with Crippen LogP contribution in [0.2, 0.25) is 5.15 Å². The van der Waals surface area contributed by atoms with Gasteiger partial charge in [-0.1, -0.05) is 35.9 Å². The second-order valence-electron chi connectivity index (χ2n) is 5.38. The van der Waals surface area contributed by atoms with Gasteiger partial charge in [0.05, 0.1) is 0 Å². The van der Waals surface area contributed by atoms with E-state index in [2.05, 4.69) is 22.0 Å². The Morgan fingerprint density at radius 3 is 2.80 bits per heavy atom. The highest BCUT2D eigenvalue weighted by molar-refractivity contribution is 6.34. The van der Waals surface area contributed by atoms with E-state index in [1.54, 1.807) is 7.11 Å². The van der Waals surface area contributed by atoms with Crippen LogP contribution in [0, 0.1) is 5.92 Å². The SMILES string of the molecule is COCC1CCN(c2cc3ccccc3c(Cl)n2)CC1. The van der Waals surface area contributed by atoms with Gasteiger partial charge >= 0.3 is 0 Å². The summed E-state index contributed by atoms with van der Waals surface area (Å²) in [7, 11) is 1.77. The molecular weight excluding hydrogens is 272 g/mol. The molecule has 0 N–H and O–H groups in total. The third-order valence-electron chi connectivity index (χ3n) is 4.02. The van der Waals surface area contributed by atoms with Crippen LogP contribution in [-0.4, -0.2) is 31.8 Å². The topological polar surface area (TPSA) is 25.4 Å². The Morgan fingerprint density at radius 1 is 1.30 bits per heavy atom. The first-order valence-electron chi connectivity index (χ1n) is 7.07. The Balaban J connectivity index is 1.81. The zero-order chi connectivity index (χ0) is 13.9. The molecule has 0 atom stereocenters. The summed E-state index contributed by atoms with van der Waals surface area (Å²) in [5.74, 6) is 1.66. The first-order chi connectivity index (χ1) is 9.78. The van der Waals surface area contributed by atoms with Crippen LogP contribution in [0.3, 0.4) is 0 Å². The number of pyridine rings is 1. The molecule has 0 amide bonds. The van der Waals surface area contributed by atoms with Gasteiger partial charge in [-0.05, 0) is 30.2 Å². The molecule has 1 fully saturated rings. The van der Waals surface area contributed by atoms with E-state index in [9.17, 15) is 0 Å². The van der Waals surface area contributed by atoms with Gasteiger partial charge in [-0.25, -0.2) is 4.98 Å². The quantitative estimate of drug-likeness (QED) is 0.805. The van der Waals surface area contributed by atoms with Crippen LogP contribution >= 0.6 is 11.6 Å². The average molecular weight is 291 g/mol. The number of ether oxygens (including phenoxy) is 1. The fraction of sp³-hybridized carbons (Fsp3) is 0.438. The van der Waals surface area contributed by atoms with Gasteiger partial charge in [0, 0.05) is 32.2 Å². The largest absolute Gasteiger partial charge is 0.384 e. The van der Waals surface area contributed by atoms with E-state index < -0.39 is 0 Å². The minimum Gasteiger partial charge on any atom is -0.384 e. The first-order valence-corrected chi connectivity index (χ1v) is 7.45. The van der Waals surface area contributed by atoms with Gasteiger partial charge < -0.3 is 9.64 Å². The highest BCUT2D eigenvalue weighted by Gasteiger charge is 2.20. The molecule has 0 unspecified atom stereocenters. The van der Waals surface area contributed by atoms with Crippen molar-refractivity contribution >= 4 is 28.2 Å². The average Bonchev–Trinajstić information content (AvgIpc) is 2.48. The smallest absolute Gasteiger partial charge is 0.139 e. The van der Waals surface area contributed by atoms with E-state index in [4.69, 9.17) is 16.3 Å². The molecule has 1 saturated heterocycles. The van der Waals surface area contributed by atoms with Crippen molar-refractivity contribution in [2.75, 3.05) is 31.7 Å². The maximum Gasteiger partial charge on any atom is 0.139 e. The summed E-state index contributed by atoms with van der Waals surface area (Å²) in [4.78, 5) is 6.88. The molecule has 106 valence electrons. The minimum absolute atomic E-state index is 0.595. The number of fused-ring (bicyclic) bond motifs is 1. The van der Waals surface area contributed by atoms with Crippen LogP contribution in [0.5, 0.6) is 0 Å². The molecule has 0 aliphatic carbocycles. The fourth-order valence-electron chi connectivity index (χ4n) is 2.87. The van der Waals surface area contributed by atoms with E-state index in [0.29, 0.717) is 11.1 Å². The highest BCUT2D eigenvalue weighted by atomic mass is 35.5. The number of anilines is 1. The number of methoxy groups -OCH3 is 1. The van der Waals surface area contributed by atoms with Gasteiger partial charge in [0.25, 0.3) is 0 Å². The normalized spacial score (nSPS) is 16.8. The predicted octanol–water partition coefficient (Wildman–Crippen LogP) is 3.75. The Kier molecular flexibility index (Phi) is 4.08. The summed E-state index contributed by atoms with van der Waals surface area (Å²) in [5, 5.41) is 2.77. The number of nitrogens with zero attached hydrogens (tertiary/aromatic N) is 2. The second kappa shape index (κ2) is 5.98. The van der Waals surface area contributed by atoms with Crippen LogP contribution in [0.1, 0.15) is 12.8 Å². The molecule has 2 aromatic rings. The molecule has 2 heterocycles. The Labute approximate surface area is 124 Å². The van der Waals surface area contributed by atoms with E-state index >= 15 is 0 Å². The summed E-state index contributed by atoms with van der Waals surface area (Å²) < 4.78 is 5.24. The monoisotopic (exact) mass is 290 g/mol. The van der Waals surface area contributed by atoms with Gasteiger partial charge in [-0.2, -0.15) is 0 Å². The van der Waals surface area contributed by atoms with Crippen molar-refractivity contribution in [1.29, 1.82) is 0 Å². The third kappa shape index (κ3) is 2.74. The fourth-order valence-corrected chi connectivity index (χ4v) is 3.13. The van der Waals surface area contributed by atoms with Crippen LogP contribution in [0.25, 0.3) is 10.8 Å². The number of hydrogen-bond donors (Lipinski definition) is 0. The van der Waals surface area contributed by atoms with E-state index in [-0.39, 0.29) is 0 Å². The Hall–Kier alpha value is -1.32. The molecule has 0 bridgehead atoms. The van der Waals surface area contributed by atoms with Crippen molar-refractivity contribution in [3.63, 3.8) is 0 Å². The van der Waals surface area contributed by atoms with Crippen LogP contribution in [0.4, 0.5) is 5.82 Å². The number of rotatable bonds is 3. The first kappa shape index (κ1) is 13.7. The molecule has 1 aromatic carbocycles. The summed E-state index contributed by atoms with van der Waals surface area (Å²) in [6.45, 7) is 2.91. The summed E-state index contributed by atoms with van der Waals surface area (Å²) in [5.41, 5.74) is 0. The zero-order valence-corrected chi connectivity index (χ0v) is 12.4. The van der Waals surface area contributed by atoms with E-state index in [1.165, 1.54) is 0 Å². The minimum atomic E-state index is 0.595. The molecule has 1 aliphatic heterocycles. The molecule has 1 aromatic heterocycles. The standard InChI is InChI=1S/C16H19ClN2O/c1-20-11-12-6-8-19(9-7-12)15-10-13-4-2-3-5-14(13)16(17)18-15/h2-5,10,12H,6-9,11H2,1H3. The Bertz CT molecular complexity index is 594. The third-order valence-corrected chi connectivity index (χ3v) is 4.31. The molecule has 3 nitrogen and oxygen atoms in total. The molecule has 3 rings (SSSR count). The van der Waals surface area contributed by atoms with Crippen LogP contribution in [0.15, 0.2) is 30.3 Å². The van der Waals surface area contributed by atoms with Crippen LogP contribution in [-0.2, 0) is 4.74 Å². The lowest BCUT2D eigenvalue weighted by Gasteiger charge is -2.32. The summed E-state index contributed by atoms with van der Waals surface area (Å²) in [6, 6.07) is 10.3. The van der Waals surface area contributed by atoms with Crippen molar-refractivity contribution in [3.05, 3.63) is 35.5 Å². The maximum atomic E-state index is 6.30. The number of halogens is 1. The zero-order valence-electron chi connectivity index (χ0n) is 11.7. The van der Waals surface area contributed by atoms with Gasteiger partial charge in [0.2, 0.25) is 0 Å². The molecule has 1 aliphatic rings. The van der Waals surface area contributed by atoms with Gasteiger partial charge in [-0.3, -0.25) is 0 Å². The Morgan fingerprint density at radius 2 is 2.05 bits per heavy atom. The van der Waals surface area contributed by atoms with Crippen molar-refractivity contribution in [2.24, 2.45) is 5.92 Å². The van der Waals surface area contributed by atoms with Gasteiger partial charge in [-0.15, -0.1) is 0 Å². The maximum absolute atomic E-state index is 6.30. The molecule has 4 heteroatoms. The summed E-state index contributed by atoms with van der Waals surface area (Å²) >= 11 is 6.30. The molecular formula is C16H19ClN2O. The molecule has 20 heavy (non-hydrogen) atoms. The molecule has 0 spiro atoms. The molecule has 0 saturated carbocycles. The highest BCUT2D eigenvalue weighted by Crippen LogP contribution is 2.28. The lowest BCUT2D eigenvalue weighted by molar-refractivity contribution is 0.139. The van der Waals surface area contributed by atoms with Crippen LogP contribution < -0.4 is 4.90 Å². The van der Waals surface area contributed by atoms with E-state index in [0.717, 1.165) is 49.1 Å². The number of benzene rings is 1. The number of aromatic nitrogens is 1. The van der Waals surface area contributed by atoms with Crippen molar-refractivity contribution in [3.8, 4) is 0 Å². The van der Waals surface area contributed by atoms with Crippen molar-refractivity contribution in [2.45, 2.75) is 12.8 Å². The predicted molar refractivity (Wildman–Crippen MR) is 83.6 cm³/mol. The molecule has 0 radical (unpaired) electrons. The summed E-state index contributed by atoms with van der Waals surface area (Å²) in [6.07, 6.45) is 2.31. The lowest BCUT2D eigenvalue weighted by atomic mass is 9.98. The van der Waals surface area contributed by atoms with Crippen molar-refractivity contribution < 1.29 is 4.74 Å². The van der Waals surface area contributed by atoms with Gasteiger partial charge in [0.15, 0.2) is 0 Å². The number of piperidine rings is 1. The van der Waals surface area contributed by atoms with Gasteiger partial charge in [0.1, 0.15) is 11.0 Å². The van der Waals surface area contributed by atoms with Crippen molar-refractivity contribution in [1.82, 2.24) is 4.98 Å². The second-order valence-corrected chi connectivity index (χ2v) is 5.74.